The SMILES string of the molecule is N.O=C(O)O.O=S(=O)(O)O.[Fe]. The molecule has 72 valence electrons. The van der Waals surface area contributed by atoms with Crippen molar-refractivity contribution in [3.8, 4) is 0 Å². The van der Waals surface area contributed by atoms with Gasteiger partial charge >= 0.3 is 16.6 Å². The van der Waals surface area contributed by atoms with E-state index in [0.29, 0.717) is 0 Å². The average Bonchev–Trinajstić information content (AvgIpc) is 1.19. The standard InChI is InChI=1S/CH2O3.Fe.H3N.H2O4S/c2-1(3)4;;;1-5(2,3)4/h(H2,2,3,4);;1H3;(H2,1,2,3,4). The van der Waals surface area contributed by atoms with E-state index in [1.807, 2.05) is 0 Å². The minimum Gasteiger partial charge on any atom is -0.450 e. The molecular weight excluding hydrogens is 226 g/mol. The molecule has 10 heteroatoms. The molecule has 0 amide bonds. The van der Waals surface area contributed by atoms with Crippen molar-refractivity contribution in [2.24, 2.45) is 0 Å². The zero-order chi connectivity index (χ0) is 8.08. The van der Waals surface area contributed by atoms with Crippen LogP contribution < -0.4 is 6.15 Å². The van der Waals surface area contributed by atoms with Crippen LogP contribution >= 0.6 is 0 Å². The molecule has 0 fully saturated rings. The summed E-state index contributed by atoms with van der Waals surface area (Å²) in [6.07, 6.45) is -1.83. The van der Waals surface area contributed by atoms with Gasteiger partial charge in [0.25, 0.3) is 0 Å². The molecule has 8 nitrogen and oxygen atoms in total. The van der Waals surface area contributed by atoms with Crippen molar-refractivity contribution in [2.45, 2.75) is 0 Å². The molecule has 11 heavy (non-hydrogen) atoms. The molecule has 0 saturated heterocycles. The molecule has 7 N–H and O–H groups in total. The van der Waals surface area contributed by atoms with Gasteiger partial charge in [0.2, 0.25) is 0 Å². The van der Waals surface area contributed by atoms with Crippen LogP contribution in [-0.2, 0) is 27.5 Å². The maximum absolute atomic E-state index is 8.74. The summed E-state index contributed by atoms with van der Waals surface area (Å²) in [6.45, 7) is 0. The van der Waals surface area contributed by atoms with Gasteiger partial charge < -0.3 is 16.4 Å². The second-order valence-electron chi connectivity index (χ2n) is 0.730. The molecule has 0 saturated carbocycles. The van der Waals surface area contributed by atoms with Crippen LogP contribution in [0.25, 0.3) is 0 Å². The first-order chi connectivity index (χ1) is 3.73. The van der Waals surface area contributed by atoms with Crippen LogP contribution in [0.4, 0.5) is 4.79 Å². The van der Waals surface area contributed by atoms with Gasteiger partial charge in [-0.05, 0) is 0 Å². The molecule has 0 unspecified atom stereocenters. The molecule has 0 aliphatic rings. The first kappa shape index (κ1) is 22.4. The Kier molecular flexibility index (Phi) is 19.6. The Bertz CT molecular complexity index is 161. The fraction of sp³-hybridized carbons (Fsp3) is 0. The van der Waals surface area contributed by atoms with E-state index < -0.39 is 16.6 Å². The van der Waals surface area contributed by atoms with Crippen LogP contribution in [0.15, 0.2) is 0 Å². The van der Waals surface area contributed by atoms with Gasteiger partial charge in [-0.15, -0.1) is 0 Å². The Labute approximate surface area is 72.9 Å². The van der Waals surface area contributed by atoms with Crippen molar-refractivity contribution in [3.63, 3.8) is 0 Å². The van der Waals surface area contributed by atoms with E-state index in [1.54, 1.807) is 0 Å². The Hall–Kier alpha value is -0.381. The molecule has 0 bridgehead atoms. The van der Waals surface area contributed by atoms with Crippen molar-refractivity contribution >= 4 is 16.6 Å². The van der Waals surface area contributed by atoms with E-state index in [-0.39, 0.29) is 23.2 Å². The van der Waals surface area contributed by atoms with Gasteiger partial charge in [0, 0.05) is 17.1 Å². The second kappa shape index (κ2) is 9.62. The third-order valence-electron chi connectivity index (χ3n) is 0. The van der Waals surface area contributed by atoms with Crippen molar-refractivity contribution in [1.82, 2.24) is 6.15 Å². The van der Waals surface area contributed by atoms with Crippen LogP contribution in [-0.4, -0.2) is 33.9 Å². The van der Waals surface area contributed by atoms with Gasteiger partial charge in [-0.3, -0.25) is 9.11 Å². The van der Waals surface area contributed by atoms with E-state index in [2.05, 4.69) is 0 Å². The van der Waals surface area contributed by atoms with Crippen LogP contribution in [0.3, 0.4) is 0 Å². The Morgan fingerprint density at radius 1 is 1.09 bits per heavy atom. The van der Waals surface area contributed by atoms with E-state index >= 15 is 0 Å². The summed E-state index contributed by atoms with van der Waals surface area (Å²) in [5, 5.41) is 13.9. The van der Waals surface area contributed by atoms with Gasteiger partial charge in [0.15, 0.2) is 0 Å². The number of hydrogen-bond acceptors (Lipinski definition) is 4. The van der Waals surface area contributed by atoms with Crippen LogP contribution in [0.1, 0.15) is 0 Å². The topological polar surface area (TPSA) is 167 Å². The monoisotopic (exact) mass is 233 g/mol. The Morgan fingerprint density at radius 2 is 1.09 bits per heavy atom. The summed E-state index contributed by atoms with van der Waals surface area (Å²) in [4.78, 5) is 8.56. The zero-order valence-corrected chi connectivity index (χ0v) is 6.90. The van der Waals surface area contributed by atoms with E-state index in [0.717, 1.165) is 0 Å². The number of hydrogen-bond donors (Lipinski definition) is 5. The summed E-state index contributed by atoms with van der Waals surface area (Å²) in [6, 6.07) is 0. The van der Waals surface area contributed by atoms with Crippen molar-refractivity contribution in [1.29, 1.82) is 0 Å². The molecular formula is CH7FeNO7S. The molecule has 0 aromatic carbocycles. The first-order valence-electron chi connectivity index (χ1n) is 1.35. The Balaban J connectivity index is -0.0000000383. The number of carbonyl (C=O) groups is 1. The second-order valence-corrected chi connectivity index (χ2v) is 1.63. The molecule has 0 rings (SSSR count). The fourth-order valence-corrected chi connectivity index (χ4v) is 0. The first-order valence-corrected chi connectivity index (χ1v) is 2.75. The number of carboxylic acid groups (broad SMARTS) is 2. The van der Waals surface area contributed by atoms with Crippen LogP contribution in [0.2, 0.25) is 0 Å². The third kappa shape index (κ3) is 3860. The smallest absolute Gasteiger partial charge is 0.450 e. The van der Waals surface area contributed by atoms with Crippen molar-refractivity contribution in [2.75, 3.05) is 0 Å². The molecule has 0 aromatic rings. The van der Waals surface area contributed by atoms with Gasteiger partial charge in [-0.2, -0.15) is 8.42 Å². The summed E-state index contributed by atoms with van der Waals surface area (Å²) in [5.74, 6) is 0. The zero-order valence-electron chi connectivity index (χ0n) is 4.98. The average molecular weight is 233 g/mol. The molecule has 0 aliphatic heterocycles. The van der Waals surface area contributed by atoms with E-state index in [9.17, 15) is 0 Å². The van der Waals surface area contributed by atoms with Crippen molar-refractivity contribution in [3.05, 3.63) is 0 Å². The summed E-state index contributed by atoms with van der Waals surface area (Å²) >= 11 is 0. The van der Waals surface area contributed by atoms with E-state index in [1.165, 1.54) is 0 Å². The minimum absolute atomic E-state index is 0. The maximum atomic E-state index is 8.74. The summed E-state index contributed by atoms with van der Waals surface area (Å²) < 4.78 is 31.6. The minimum atomic E-state index is -4.67. The maximum Gasteiger partial charge on any atom is 0.503 e. The quantitative estimate of drug-likeness (QED) is 0.281. The van der Waals surface area contributed by atoms with E-state index in [4.69, 9.17) is 32.5 Å². The third-order valence-corrected chi connectivity index (χ3v) is 0. The van der Waals surface area contributed by atoms with Crippen LogP contribution in [0.5, 0.6) is 0 Å². The predicted octanol–water partition coefficient (Wildman–Crippen LogP) is -0.271. The predicted molar refractivity (Wildman–Crippen MR) is 29.9 cm³/mol. The molecule has 0 heterocycles. The van der Waals surface area contributed by atoms with Crippen molar-refractivity contribution < 1.29 is 49.6 Å². The van der Waals surface area contributed by atoms with Gasteiger partial charge in [-0.25, -0.2) is 4.79 Å². The number of rotatable bonds is 0. The summed E-state index contributed by atoms with van der Waals surface area (Å²) in [5.41, 5.74) is 0. The van der Waals surface area contributed by atoms with Crippen LogP contribution in [0, 0.1) is 0 Å². The molecule has 0 spiro atoms. The van der Waals surface area contributed by atoms with Gasteiger partial charge in [0.05, 0.1) is 0 Å². The summed E-state index contributed by atoms with van der Waals surface area (Å²) in [7, 11) is -4.67. The van der Waals surface area contributed by atoms with Gasteiger partial charge in [0.1, 0.15) is 0 Å². The molecule has 0 atom stereocenters. The largest absolute Gasteiger partial charge is 0.503 e. The molecule has 0 aromatic heterocycles. The molecule has 0 aliphatic carbocycles. The van der Waals surface area contributed by atoms with Gasteiger partial charge in [-0.1, -0.05) is 0 Å². The fourth-order valence-electron chi connectivity index (χ4n) is 0. The Morgan fingerprint density at radius 3 is 1.09 bits per heavy atom. The molecule has 0 radical (unpaired) electrons. The normalized spacial score (nSPS) is 7.45.